The number of aryl methyl sites for hydroxylation is 1. The van der Waals surface area contributed by atoms with Gasteiger partial charge >= 0.3 is 0 Å². The van der Waals surface area contributed by atoms with Gasteiger partial charge in [-0.15, -0.1) is 0 Å². The molecule has 3 nitrogen and oxygen atoms in total. The van der Waals surface area contributed by atoms with Crippen LogP contribution >= 0.6 is 0 Å². The van der Waals surface area contributed by atoms with E-state index in [-0.39, 0.29) is 11.6 Å². The summed E-state index contributed by atoms with van der Waals surface area (Å²) in [6.07, 6.45) is 1.36. The van der Waals surface area contributed by atoms with Crippen LogP contribution in [0.4, 0.5) is 10.1 Å². The molecule has 0 radical (unpaired) electrons. The summed E-state index contributed by atoms with van der Waals surface area (Å²) in [5, 5.41) is 2.56. The predicted octanol–water partition coefficient (Wildman–Crippen LogP) is 2.59. The third-order valence-electron chi connectivity index (χ3n) is 2.75. The number of amides is 1. The molecular weight excluding hydrogens is 219 g/mol. The molecule has 0 aliphatic carbocycles. The van der Waals surface area contributed by atoms with Crippen LogP contribution in [-0.4, -0.2) is 11.4 Å². The van der Waals surface area contributed by atoms with E-state index in [9.17, 15) is 9.18 Å². The van der Waals surface area contributed by atoms with Crippen molar-refractivity contribution in [3.8, 4) is 0 Å². The number of nitrogens with two attached hydrogens (primary N) is 1. The van der Waals surface area contributed by atoms with Gasteiger partial charge in [-0.25, -0.2) is 4.39 Å². The summed E-state index contributed by atoms with van der Waals surface area (Å²) in [4.78, 5) is 11.9. The van der Waals surface area contributed by atoms with E-state index < -0.39 is 11.4 Å². The molecule has 0 heterocycles. The maximum absolute atomic E-state index is 13.5. The van der Waals surface area contributed by atoms with Gasteiger partial charge in [0.15, 0.2) is 0 Å². The van der Waals surface area contributed by atoms with Crippen molar-refractivity contribution < 1.29 is 9.18 Å². The second-order valence-corrected chi connectivity index (χ2v) is 4.55. The molecular formula is C13H19FN2O. The molecule has 0 bridgehead atoms. The summed E-state index contributed by atoms with van der Waals surface area (Å²) in [6, 6.07) is 4.66. The van der Waals surface area contributed by atoms with Crippen LogP contribution in [0.2, 0.25) is 0 Å². The quantitative estimate of drug-likeness (QED) is 0.847. The fraction of sp³-hybridized carbons (Fsp3) is 0.462. The number of halogens is 1. The van der Waals surface area contributed by atoms with Crippen molar-refractivity contribution in [3.63, 3.8) is 0 Å². The molecule has 1 unspecified atom stereocenters. The largest absolute Gasteiger partial charge is 0.322 e. The van der Waals surface area contributed by atoms with Gasteiger partial charge in [0.05, 0.1) is 11.2 Å². The van der Waals surface area contributed by atoms with Crippen LogP contribution in [0.15, 0.2) is 18.2 Å². The maximum atomic E-state index is 13.5. The molecule has 0 aliphatic rings. The van der Waals surface area contributed by atoms with Gasteiger partial charge in [0.25, 0.3) is 0 Å². The maximum Gasteiger partial charge on any atom is 0.244 e. The Morgan fingerprint density at radius 2 is 2.18 bits per heavy atom. The van der Waals surface area contributed by atoms with E-state index in [1.807, 2.05) is 6.92 Å². The first-order valence-electron chi connectivity index (χ1n) is 5.74. The minimum absolute atomic E-state index is 0.213. The summed E-state index contributed by atoms with van der Waals surface area (Å²) in [5.74, 6) is -0.793. The smallest absolute Gasteiger partial charge is 0.244 e. The zero-order valence-corrected chi connectivity index (χ0v) is 10.5. The lowest BCUT2D eigenvalue weighted by Crippen LogP contribution is -2.48. The average Bonchev–Trinajstić information content (AvgIpc) is 2.23. The Kier molecular flexibility index (Phi) is 4.23. The molecule has 0 spiro atoms. The van der Waals surface area contributed by atoms with Crippen molar-refractivity contribution in [2.75, 3.05) is 5.32 Å². The van der Waals surface area contributed by atoms with Crippen LogP contribution in [0.1, 0.15) is 32.3 Å². The van der Waals surface area contributed by atoms with Crippen molar-refractivity contribution in [2.24, 2.45) is 5.73 Å². The van der Waals surface area contributed by atoms with Gasteiger partial charge in [0.1, 0.15) is 5.82 Å². The number of para-hydroxylation sites is 1. The number of nitrogens with one attached hydrogen (secondary N) is 1. The third kappa shape index (κ3) is 3.27. The van der Waals surface area contributed by atoms with Crippen LogP contribution in [0.25, 0.3) is 0 Å². The minimum atomic E-state index is -0.969. The summed E-state index contributed by atoms with van der Waals surface area (Å²) in [5.41, 5.74) is 5.81. The SMILES string of the molecule is CCCC(C)(N)C(=O)Nc1c(C)cccc1F. The number of benzene rings is 1. The number of hydrogen-bond acceptors (Lipinski definition) is 2. The summed E-state index contributed by atoms with van der Waals surface area (Å²) in [6.45, 7) is 5.35. The van der Waals surface area contributed by atoms with Crippen molar-refractivity contribution in [1.29, 1.82) is 0 Å². The first kappa shape index (κ1) is 13.6. The van der Waals surface area contributed by atoms with Crippen molar-refractivity contribution >= 4 is 11.6 Å². The van der Waals surface area contributed by atoms with Crippen molar-refractivity contribution in [1.82, 2.24) is 0 Å². The predicted molar refractivity (Wildman–Crippen MR) is 67.3 cm³/mol. The number of carbonyl (C=O) groups excluding carboxylic acids is 1. The zero-order chi connectivity index (χ0) is 13.1. The third-order valence-corrected chi connectivity index (χ3v) is 2.75. The monoisotopic (exact) mass is 238 g/mol. The van der Waals surface area contributed by atoms with E-state index in [4.69, 9.17) is 5.73 Å². The van der Waals surface area contributed by atoms with Crippen molar-refractivity contribution in [2.45, 2.75) is 39.2 Å². The van der Waals surface area contributed by atoms with Crippen molar-refractivity contribution in [3.05, 3.63) is 29.6 Å². The van der Waals surface area contributed by atoms with Gasteiger partial charge in [-0.3, -0.25) is 4.79 Å². The lowest BCUT2D eigenvalue weighted by Gasteiger charge is -2.23. The van der Waals surface area contributed by atoms with E-state index in [1.54, 1.807) is 26.0 Å². The molecule has 0 aromatic heterocycles. The van der Waals surface area contributed by atoms with E-state index in [1.165, 1.54) is 6.07 Å². The molecule has 1 aromatic rings. The molecule has 4 heteroatoms. The summed E-state index contributed by atoms with van der Waals surface area (Å²) < 4.78 is 13.5. The van der Waals surface area contributed by atoms with E-state index in [0.29, 0.717) is 12.0 Å². The number of rotatable bonds is 4. The van der Waals surface area contributed by atoms with Crippen LogP contribution < -0.4 is 11.1 Å². The van der Waals surface area contributed by atoms with Gasteiger partial charge in [-0.1, -0.05) is 25.5 Å². The van der Waals surface area contributed by atoms with E-state index in [0.717, 1.165) is 6.42 Å². The minimum Gasteiger partial charge on any atom is -0.322 e. The van der Waals surface area contributed by atoms with Gasteiger partial charge in [-0.2, -0.15) is 0 Å². The Morgan fingerprint density at radius 1 is 1.53 bits per heavy atom. The van der Waals surface area contributed by atoms with Gasteiger partial charge in [0.2, 0.25) is 5.91 Å². The highest BCUT2D eigenvalue weighted by atomic mass is 19.1. The highest BCUT2D eigenvalue weighted by molar-refractivity contribution is 5.98. The van der Waals surface area contributed by atoms with Gasteiger partial charge in [0, 0.05) is 0 Å². The normalized spacial score (nSPS) is 14.2. The van der Waals surface area contributed by atoms with E-state index >= 15 is 0 Å². The molecule has 1 atom stereocenters. The Labute approximate surface area is 101 Å². The number of anilines is 1. The Balaban J connectivity index is 2.88. The van der Waals surface area contributed by atoms with Crippen LogP contribution in [0.5, 0.6) is 0 Å². The lowest BCUT2D eigenvalue weighted by atomic mass is 9.96. The molecule has 94 valence electrons. The van der Waals surface area contributed by atoms with Crippen LogP contribution in [-0.2, 0) is 4.79 Å². The molecule has 3 N–H and O–H groups in total. The fourth-order valence-electron chi connectivity index (χ4n) is 1.68. The molecule has 0 aliphatic heterocycles. The second kappa shape index (κ2) is 5.27. The van der Waals surface area contributed by atoms with Crippen LogP contribution in [0, 0.1) is 12.7 Å². The lowest BCUT2D eigenvalue weighted by molar-refractivity contribution is -0.120. The molecule has 0 fully saturated rings. The van der Waals surface area contributed by atoms with Gasteiger partial charge < -0.3 is 11.1 Å². The van der Waals surface area contributed by atoms with Crippen LogP contribution in [0.3, 0.4) is 0 Å². The summed E-state index contributed by atoms with van der Waals surface area (Å²) in [7, 11) is 0. The average molecular weight is 238 g/mol. The molecule has 0 saturated heterocycles. The molecule has 0 saturated carbocycles. The number of carbonyl (C=O) groups is 1. The number of hydrogen-bond donors (Lipinski definition) is 2. The Morgan fingerprint density at radius 3 is 2.71 bits per heavy atom. The summed E-state index contributed by atoms with van der Waals surface area (Å²) >= 11 is 0. The Hall–Kier alpha value is -1.42. The Bertz CT molecular complexity index is 396. The molecule has 1 amide bonds. The first-order valence-corrected chi connectivity index (χ1v) is 5.74. The second-order valence-electron chi connectivity index (χ2n) is 4.55. The fourth-order valence-corrected chi connectivity index (χ4v) is 1.68. The van der Waals surface area contributed by atoms with Gasteiger partial charge in [-0.05, 0) is 31.9 Å². The molecule has 1 rings (SSSR count). The molecule has 1 aromatic carbocycles. The zero-order valence-electron chi connectivity index (χ0n) is 10.5. The molecule has 17 heavy (non-hydrogen) atoms. The highest BCUT2D eigenvalue weighted by Crippen LogP contribution is 2.20. The first-order chi connectivity index (χ1) is 7.88. The topological polar surface area (TPSA) is 55.1 Å². The highest BCUT2D eigenvalue weighted by Gasteiger charge is 2.28. The van der Waals surface area contributed by atoms with E-state index in [2.05, 4.69) is 5.32 Å². The standard InChI is InChI=1S/C13H19FN2O/c1-4-8-13(3,15)12(17)16-11-9(2)6-5-7-10(11)14/h5-7H,4,8,15H2,1-3H3,(H,16,17).